The summed E-state index contributed by atoms with van der Waals surface area (Å²) in [6.07, 6.45) is 0. The maximum Gasteiger partial charge on any atom is 1.00 e. The van der Waals surface area contributed by atoms with E-state index in [1.165, 1.54) is 7.11 Å². The second-order valence-corrected chi connectivity index (χ2v) is 3.51. The molecule has 0 aliphatic rings. The van der Waals surface area contributed by atoms with Crippen LogP contribution >= 0.6 is 0 Å². The zero-order chi connectivity index (χ0) is 12.1. The Balaban J connectivity index is 0.00000162. The summed E-state index contributed by atoms with van der Waals surface area (Å²) >= 11 is 0. The van der Waals surface area contributed by atoms with Gasteiger partial charge in [-0.2, -0.15) is 0 Å². The predicted octanol–water partition coefficient (Wildman–Crippen LogP) is 2.79. The molecule has 4 heteroatoms. The SMILES string of the molecule is CO/N=C(\c1ccccc1)c1ccccc1O.[Ag+]. The van der Waals surface area contributed by atoms with Crippen LogP contribution in [0.4, 0.5) is 0 Å². The summed E-state index contributed by atoms with van der Waals surface area (Å²) in [4.78, 5) is 4.84. The molecule has 18 heavy (non-hydrogen) atoms. The van der Waals surface area contributed by atoms with Crippen LogP contribution < -0.4 is 0 Å². The van der Waals surface area contributed by atoms with Gasteiger partial charge in [-0.05, 0) is 12.1 Å². The number of oxime groups is 1. The van der Waals surface area contributed by atoms with Gasteiger partial charge >= 0.3 is 22.4 Å². The van der Waals surface area contributed by atoms with Crippen LogP contribution in [0.25, 0.3) is 0 Å². The van der Waals surface area contributed by atoms with Gasteiger partial charge in [-0.25, -0.2) is 0 Å². The van der Waals surface area contributed by atoms with E-state index in [1.54, 1.807) is 18.2 Å². The monoisotopic (exact) mass is 334 g/mol. The standard InChI is InChI=1S/C14H13NO2.Ag/c1-17-15-14(11-7-3-2-4-8-11)12-9-5-6-10-13(12)16;/h2-10,16H,1H3;/q;+1/b15-14+;. The first-order valence-corrected chi connectivity index (χ1v) is 5.28. The molecule has 1 N–H and O–H groups in total. The van der Waals surface area contributed by atoms with E-state index < -0.39 is 0 Å². The van der Waals surface area contributed by atoms with Crippen molar-refractivity contribution in [3.05, 3.63) is 65.7 Å². The summed E-state index contributed by atoms with van der Waals surface area (Å²) in [5, 5.41) is 13.8. The molecule has 2 aromatic rings. The molecule has 0 bridgehead atoms. The van der Waals surface area contributed by atoms with Gasteiger partial charge in [0.2, 0.25) is 0 Å². The molecule has 0 aliphatic carbocycles. The van der Waals surface area contributed by atoms with Crippen LogP contribution in [0.3, 0.4) is 0 Å². The molecule has 0 unspecified atom stereocenters. The smallest absolute Gasteiger partial charge is 0.507 e. The summed E-state index contributed by atoms with van der Waals surface area (Å²) in [6.45, 7) is 0. The molecule has 2 rings (SSSR count). The van der Waals surface area contributed by atoms with Crippen LogP contribution in [0.15, 0.2) is 59.8 Å². The minimum Gasteiger partial charge on any atom is -0.507 e. The molecule has 3 nitrogen and oxygen atoms in total. The largest absolute Gasteiger partial charge is 1.00 e. The van der Waals surface area contributed by atoms with Crippen LogP contribution in [0, 0.1) is 0 Å². The average Bonchev–Trinajstić information content (AvgIpc) is 2.38. The van der Waals surface area contributed by atoms with E-state index >= 15 is 0 Å². The zero-order valence-corrected chi connectivity index (χ0v) is 11.3. The van der Waals surface area contributed by atoms with Gasteiger partial charge < -0.3 is 9.94 Å². The van der Waals surface area contributed by atoms with Crippen molar-refractivity contribution in [1.29, 1.82) is 0 Å². The fourth-order valence-electron chi connectivity index (χ4n) is 1.62. The van der Waals surface area contributed by atoms with Crippen molar-refractivity contribution < 1.29 is 32.3 Å². The Kier molecular flexibility index (Phi) is 5.65. The Morgan fingerprint density at radius 3 is 2.22 bits per heavy atom. The Morgan fingerprint density at radius 2 is 1.61 bits per heavy atom. The van der Waals surface area contributed by atoms with Gasteiger partial charge in [-0.1, -0.05) is 47.6 Å². The minimum absolute atomic E-state index is 0. The summed E-state index contributed by atoms with van der Waals surface area (Å²) in [5.41, 5.74) is 2.17. The van der Waals surface area contributed by atoms with Crippen molar-refractivity contribution in [2.75, 3.05) is 7.11 Å². The quantitative estimate of drug-likeness (QED) is 0.532. The van der Waals surface area contributed by atoms with Crippen molar-refractivity contribution in [1.82, 2.24) is 0 Å². The molecule has 96 valence electrons. The van der Waals surface area contributed by atoms with Gasteiger partial charge in [0, 0.05) is 11.1 Å². The number of aromatic hydroxyl groups is 1. The normalized spacial score (nSPS) is 10.6. The molecule has 0 fully saturated rings. The van der Waals surface area contributed by atoms with E-state index in [0.717, 1.165) is 5.56 Å². The number of hydrogen-bond acceptors (Lipinski definition) is 3. The molecule has 0 atom stereocenters. The molecular weight excluding hydrogens is 322 g/mol. The third-order valence-corrected chi connectivity index (χ3v) is 2.39. The summed E-state index contributed by atoms with van der Waals surface area (Å²) in [6, 6.07) is 16.7. The van der Waals surface area contributed by atoms with E-state index in [1.807, 2.05) is 36.4 Å². The average molecular weight is 335 g/mol. The fourth-order valence-corrected chi connectivity index (χ4v) is 1.62. The summed E-state index contributed by atoms with van der Waals surface area (Å²) < 4.78 is 0. The number of para-hydroxylation sites is 1. The molecule has 0 saturated heterocycles. The van der Waals surface area contributed by atoms with Gasteiger partial charge in [0.1, 0.15) is 18.6 Å². The molecule has 0 aliphatic heterocycles. The van der Waals surface area contributed by atoms with Crippen LogP contribution in [0.5, 0.6) is 5.75 Å². The van der Waals surface area contributed by atoms with Crippen molar-refractivity contribution in [3.8, 4) is 5.75 Å². The van der Waals surface area contributed by atoms with E-state index in [2.05, 4.69) is 5.16 Å². The van der Waals surface area contributed by atoms with E-state index in [4.69, 9.17) is 4.84 Å². The number of rotatable bonds is 3. The van der Waals surface area contributed by atoms with Crippen LogP contribution in [0.2, 0.25) is 0 Å². The third kappa shape index (κ3) is 3.23. The Morgan fingerprint density at radius 1 is 1.00 bits per heavy atom. The maximum atomic E-state index is 9.83. The maximum absolute atomic E-state index is 9.83. The number of benzene rings is 2. The van der Waals surface area contributed by atoms with Crippen LogP contribution in [-0.4, -0.2) is 17.9 Å². The topological polar surface area (TPSA) is 41.8 Å². The number of phenols is 1. The second-order valence-electron chi connectivity index (χ2n) is 3.51. The summed E-state index contributed by atoms with van der Waals surface area (Å²) in [7, 11) is 1.49. The molecule has 0 radical (unpaired) electrons. The van der Waals surface area contributed by atoms with Crippen molar-refractivity contribution >= 4 is 5.71 Å². The third-order valence-electron chi connectivity index (χ3n) is 2.39. The molecule has 0 heterocycles. The van der Waals surface area contributed by atoms with Crippen LogP contribution in [0.1, 0.15) is 11.1 Å². The zero-order valence-electron chi connectivity index (χ0n) is 9.80. The Labute approximate surface area is 122 Å². The van der Waals surface area contributed by atoms with E-state index in [9.17, 15) is 5.11 Å². The minimum atomic E-state index is 0. The van der Waals surface area contributed by atoms with Crippen molar-refractivity contribution in [2.45, 2.75) is 0 Å². The van der Waals surface area contributed by atoms with Gasteiger partial charge in [0.05, 0.1) is 0 Å². The number of nitrogens with zero attached hydrogens (tertiary/aromatic N) is 1. The second kappa shape index (κ2) is 7.01. The van der Waals surface area contributed by atoms with Crippen molar-refractivity contribution in [3.63, 3.8) is 0 Å². The van der Waals surface area contributed by atoms with E-state index in [0.29, 0.717) is 11.3 Å². The molecule has 0 amide bonds. The van der Waals surface area contributed by atoms with Gasteiger partial charge in [0.15, 0.2) is 0 Å². The molecule has 0 saturated carbocycles. The van der Waals surface area contributed by atoms with Crippen LogP contribution in [-0.2, 0) is 27.2 Å². The molecule has 0 aromatic heterocycles. The first kappa shape index (κ1) is 14.5. The Hall–Kier alpha value is -1.55. The predicted molar refractivity (Wildman–Crippen MR) is 67.2 cm³/mol. The fraction of sp³-hybridized carbons (Fsp3) is 0.0714. The first-order valence-electron chi connectivity index (χ1n) is 5.28. The van der Waals surface area contributed by atoms with Gasteiger partial charge in [-0.3, -0.25) is 0 Å². The number of phenolic OH excluding ortho intramolecular Hbond substituents is 1. The Bertz CT molecular complexity index is 526. The van der Waals surface area contributed by atoms with Crippen molar-refractivity contribution in [2.24, 2.45) is 5.16 Å². The summed E-state index contributed by atoms with van der Waals surface area (Å²) in [5.74, 6) is 0.187. The molecule has 0 spiro atoms. The van der Waals surface area contributed by atoms with Gasteiger partial charge in [-0.15, -0.1) is 0 Å². The van der Waals surface area contributed by atoms with E-state index in [-0.39, 0.29) is 28.1 Å². The van der Waals surface area contributed by atoms with Gasteiger partial charge in [0.25, 0.3) is 0 Å². The first-order chi connectivity index (χ1) is 8.33. The molecular formula is C14H13AgNO2+. The molecule has 2 aromatic carbocycles. The number of hydrogen-bond donors (Lipinski definition) is 1.